The Kier molecular flexibility index (Phi) is 1.25. The Morgan fingerprint density at radius 3 is 2.20 bits per heavy atom. The van der Waals surface area contributed by atoms with Crippen molar-refractivity contribution >= 4 is 0 Å². The summed E-state index contributed by atoms with van der Waals surface area (Å²) in [4.78, 5) is 0. The van der Waals surface area contributed by atoms with Crippen LogP contribution in [0.25, 0.3) is 0 Å². The zero-order chi connectivity index (χ0) is 7.19. The molecule has 0 saturated carbocycles. The van der Waals surface area contributed by atoms with E-state index in [0.29, 0.717) is 6.61 Å². The number of hydrogen-bond donors (Lipinski definition) is 2. The molecule has 0 bridgehead atoms. The monoisotopic (exact) mass is 146 g/mol. The maximum absolute atomic E-state index is 9.49. The normalized spacial score (nSPS) is 43.8. The van der Waals surface area contributed by atoms with Crippen molar-refractivity contribution in [3.8, 4) is 0 Å². The highest BCUT2D eigenvalue weighted by Crippen LogP contribution is 2.30. The van der Waals surface area contributed by atoms with E-state index in [0.717, 1.165) is 0 Å². The molecule has 58 valence electrons. The Morgan fingerprint density at radius 1 is 1.40 bits per heavy atom. The van der Waals surface area contributed by atoms with E-state index in [9.17, 15) is 5.11 Å². The number of hydrogen-bond acceptors (Lipinski definition) is 4. The minimum Gasteiger partial charge on any atom is -0.388 e. The summed E-state index contributed by atoms with van der Waals surface area (Å²) < 4.78 is 9.77. The topological polar surface area (TPSA) is 58.9 Å². The van der Waals surface area contributed by atoms with Gasteiger partial charge in [-0.1, -0.05) is 0 Å². The molecule has 0 radical (unpaired) electrons. The van der Waals surface area contributed by atoms with Gasteiger partial charge in [-0.3, -0.25) is 0 Å². The van der Waals surface area contributed by atoms with Gasteiger partial charge >= 0.3 is 0 Å². The SMILES string of the molecule is OC1COC1C1(O)COC1. The van der Waals surface area contributed by atoms with Gasteiger partial charge in [0.25, 0.3) is 0 Å². The zero-order valence-electron chi connectivity index (χ0n) is 5.49. The lowest BCUT2D eigenvalue weighted by atomic mass is 9.88. The number of aliphatic hydroxyl groups excluding tert-OH is 1. The van der Waals surface area contributed by atoms with Crippen LogP contribution in [0.1, 0.15) is 0 Å². The summed E-state index contributed by atoms with van der Waals surface area (Å²) in [6, 6.07) is 0. The maximum Gasteiger partial charge on any atom is 0.140 e. The van der Waals surface area contributed by atoms with Crippen LogP contribution in [0.2, 0.25) is 0 Å². The van der Waals surface area contributed by atoms with E-state index in [1.807, 2.05) is 0 Å². The molecule has 2 heterocycles. The Morgan fingerprint density at radius 2 is 2.10 bits per heavy atom. The predicted molar refractivity (Wildman–Crippen MR) is 31.5 cm³/mol. The van der Waals surface area contributed by atoms with Crippen molar-refractivity contribution in [3.05, 3.63) is 0 Å². The van der Waals surface area contributed by atoms with Crippen molar-refractivity contribution in [2.24, 2.45) is 0 Å². The van der Waals surface area contributed by atoms with E-state index >= 15 is 0 Å². The first-order valence-corrected chi connectivity index (χ1v) is 3.32. The second-order valence-electron chi connectivity index (χ2n) is 2.92. The molecule has 2 atom stereocenters. The largest absolute Gasteiger partial charge is 0.388 e. The molecular weight excluding hydrogens is 136 g/mol. The van der Waals surface area contributed by atoms with Crippen LogP contribution in [0.15, 0.2) is 0 Å². The highest BCUT2D eigenvalue weighted by molar-refractivity contribution is 5.00. The summed E-state index contributed by atoms with van der Waals surface area (Å²) in [6.07, 6.45) is -0.921. The lowest BCUT2D eigenvalue weighted by Gasteiger charge is -2.48. The molecule has 2 saturated heterocycles. The molecule has 4 heteroatoms. The summed E-state index contributed by atoms with van der Waals surface area (Å²) in [5.74, 6) is 0. The van der Waals surface area contributed by atoms with Crippen LogP contribution in [0.3, 0.4) is 0 Å². The number of rotatable bonds is 1. The molecular formula is C6H10O4. The van der Waals surface area contributed by atoms with Gasteiger partial charge in [-0.25, -0.2) is 0 Å². The van der Waals surface area contributed by atoms with Crippen LogP contribution in [-0.4, -0.2) is 47.8 Å². The van der Waals surface area contributed by atoms with Gasteiger partial charge in [0.15, 0.2) is 0 Å². The lowest BCUT2D eigenvalue weighted by Crippen LogP contribution is -2.68. The second-order valence-corrected chi connectivity index (χ2v) is 2.92. The van der Waals surface area contributed by atoms with Crippen molar-refractivity contribution in [2.45, 2.75) is 17.8 Å². The van der Waals surface area contributed by atoms with Crippen molar-refractivity contribution in [1.29, 1.82) is 0 Å². The average molecular weight is 146 g/mol. The molecule has 0 spiro atoms. The van der Waals surface area contributed by atoms with E-state index in [-0.39, 0.29) is 13.2 Å². The number of ether oxygens (including phenoxy) is 2. The molecule has 10 heavy (non-hydrogen) atoms. The Bertz CT molecular complexity index is 143. The molecule has 2 N–H and O–H groups in total. The highest BCUT2D eigenvalue weighted by Gasteiger charge is 2.52. The smallest absolute Gasteiger partial charge is 0.140 e. The molecule has 0 aromatic carbocycles. The second kappa shape index (κ2) is 1.92. The van der Waals surface area contributed by atoms with Gasteiger partial charge in [0.05, 0.1) is 19.8 Å². The van der Waals surface area contributed by atoms with Gasteiger partial charge < -0.3 is 19.7 Å². The van der Waals surface area contributed by atoms with Crippen LogP contribution in [0.5, 0.6) is 0 Å². The Labute approximate surface area is 58.4 Å². The zero-order valence-corrected chi connectivity index (χ0v) is 5.49. The Balaban J connectivity index is 1.97. The number of aliphatic hydroxyl groups is 2. The fourth-order valence-electron chi connectivity index (χ4n) is 1.27. The first-order chi connectivity index (χ1) is 4.72. The lowest BCUT2D eigenvalue weighted by molar-refractivity contribution is -0.303. The van der Waals surface area contributed by atoms with Gasteiger partial charge in [0.1, 0.15) is 17.8 Å². The van der Waals surface area contributed by atoms with Gasteiger partial charge in [-0.05, 0) is 0 Å². The summed E-state index contributed by atoms with van der Waals surface area (Å²) in [7, 11) is 0. The Hall–Kier alpha value is -0.160. The van der Waals surface area contributed by atoms with E-state index in [1.165, 1.54) is 0 Å². The van der Waals surface area contributed by atoms with Crippen molar-refractivity contribution < 1.29 is 19.7 Å². The molecule has 0 aliphatic carbocycles. The van der Waals surface area contributed by atoms with Crippen LogP contribution in [0, 0.1) is 0 Å². The summed E-state index contributed by atoms with van der Waals surface area (Å²) in [6.45, 7) is 0.913. The molecule has 2 aliphatic heterocycles. The molecule has 2 unspecified atom stereocenters. The molecule has 4 nitrogen and oxygen atoms in total. The third-order valence-corrected chi connectivity index (χ3v) is 2.03. The summed E-state index contributed by atoms with van der Waals surface area (Å²) in [5.41, 5.74) is -0.905. The van der Waals surface area contributed by atoms with Gasteiger partial charge in [0, 0.05) is 0 Å². The van der Waals surface area contributed by atoms with Crippen LogP contribution in [0.4, 0.5) is 0 Å². The van der Waals surface area contributed by atoms with Gasteiger partial charge in [-0.2, -0.15) is 0 Å². The first-order valence-electron chi connectivity index (χ1n) is 3.32. The van der Waals surface area contributed by atoms with E-state index in [4.69, 9.17) is 14.6 Å². The van der Waals surface area contributed by atoms with E-state index in [2.05, 4.69) is 0 Å². The van der Waals surface area contributed by atoms with Crippen molar-refractivity contribution in [3.63, 3.8) is 0 Å². The standard InChI is InChI=1S/C6H10O4/c7-4-1-10-5(4)6(8)2-9-3-6/h4-5,7-8H,1-3H2. The van der Waals surface area contributed by atoms with Crippen molar-refractivity contribution in [1.82, 2.24) is 0 Å². The van der Waals surface area contributed by atoms with Crippen LogP contribution >= 0.6 is 0 Å². The summed E-state index contributed by atoms with van der Waals surface area (Å²) >= 11 is 0. The van der Waals surface area contributed by atoms with Gasteiger partial charge in [-0.15, -0.1) is 0 Å². The predicted octanol–water partition coefficient (Wildman–Crippen LogP) is -1.49. The molecule has 2 rings (SSSR count). The van der Waals surface area contributed by atoms with Gasteiger partial charge in [0.2, 0.25) is 0 Å². The third kappa shape index (κ3) is 0.703. The highest BCUT2D eigenvalue weighted by atomic mass is 16.6. The average Bonchev–Trinajstić information content (AvgIpc) is 1.81. The first kappa shape index (κ1) is 6.54. The summed E-state index contributed by atoms with van der Waals surface area (Å²) in [5, 5.41) is 18.6. The van der Waals surface area contributed by atoms with E-state index in [1.54, 1.807) is 0 Å². The minimum atomic E-state index is -0.905. The minimum absolute atomic E-state index is 0.286. The van der Waals surface area contributed by atoms with E-state index < -0.39 is 17.8 Å². The quantitative estimate of drug-likeness (QED) is 0.473. The van der Waals surface area contributed by atoms with Crippen LogP contribution in [-0.2, 0) is 9.47 Å². The molecule has 2 aliphatic rings. The third-order valence-electron chi connectivity index (χ3n) is 2.03. The molecule has 0 amide bonds. The maximum atomic E-state index is 9.49. The molecule has 2 fully saturated rings. The molecule has 0 aromatic rings. The fraction of sp³-hybridized carbons (Fsp3) is 1.00. The fourth-order valence-corrected chi connectivity index (χ4v) is 1.27. The van der Waals surface area contributed by atoms with Crippen molar-refractivity contribution in [2.75, 3.05) is 19.8 Å². The molecule has 0 aromatic heterocycles. The van der Waals surface area contributed by atoms with Crippen LogP contribution < -0.4 is 0 Å².